The molecule has 0 saturated heterocycles. The summed E-state index contributed by atoms with van der Waals surface area (Å²) in [5.41, 5.74) is 1.66. The fourth-order valence-corrected chi connectivity index (χ4v) is 5.72. The van der Waals surface area contributed by atoms with Crippen molar-refractivity contribution in [1.29, 1.82) is 0 Å². The van der Waals surface area contributed by atoms with Gasteiger partial charge in [0.15, 0.2) is 9.84 Å². The van der Waals surface area contributed by atoms with E-state index in [2.05, 4.69) is 4.98 Å². The van der Waals surface area contributed by atoms with Crippen LogP contribution in [-0.2, 0) is 9.84 Å². The predicted octanol–water partition coefficient (Wildman–Crippen LogP) is 4.52. The third kappa shape index (κ3) is 3.19. The van der Waals surface area contributed by atoms with E-state index in [9.17, 15) is 18.3 Å². The summed E-state index contributed by atoms with van der Waals surface area (Å²) in [6.07, 6.45) is 0.388. The summed E-state index contributed by atoms with van der Waals surface area (Å²) in [7, 11) is -3.40. The van der Waals surface area contributed by atoms with Crippen LogP contribution in [0.2, 0.25) is 0 Å². The largest absolute Gasteiger partial charge is 0.507 e. The zero-order chi connectivity index (χ0) is 19.9. The number of H-pyrrole nitrogens is 1. The number of hydrogen-bond donors (Lipinski definition) is 2. The van der Waals surface area contributed by atoms with E-state index >= 15 is 0 Å². The highest BCUT2D eigenvalue weighted by Gasteiger charge is 2.17. The van der Waals surface area contributed by atoms with Gasteiger partial charge in [0.2, 0.25) is 0 Å². The van der Waals surface area contributed by atoms with Crippen molar-refractivity contribution in [2.45, 2.75) is 11.3 Å². The number of nitrogens with one attached hydrogen (secondary N) is 1. The molecule has 0 fully saturated rings. The van der Waals surface area contributed by atoms with Crippen LogP contribution < -0.4 is 5.56 Å². The van der Waals surface area contributed by atoms with Gasteiger partial charge in [0.25, 0.3) is 5.56 Å². The Kier molecular flexibility index (Phi) is 4.91. The van der Waals surface area contributed by atoms with Gasteiger partial charge in [0.05, 0.1) is 10.6 Å². The van der Waals surface area contributed by atoms with Gasteiger partial charge < -0.3 is 10.1 Å². The molecule has 28 heavy (non-hydrogen) atoms. The zero-order valence-electron chi connectivity index (χ0n) is 14.6. The van der Waals surface area contributed by atoms with Crippen molar-refractivity contribution in [2.24, 2.45) is 0 Å². The molecule has 0 aliphatic heterocycles. The monoisotopic (exact) mass is 433 g/mol. The van der Waals surface area contributed by atoms with Crippen LogP contribution in [0.5, 0.6) is 5.75 Å². The lowest BCUT2D eigenvalue weighted by molar-refractivity contribution is 0.478. The van der Waals surface area contributed by atoms with Crippen LogP contribution in [0, 0.1) is 0 Å². The quantitative estimate of drug-likeness (QED) is 0.453. The van der Waals surface area contributed by atoms with Crippen molar-refractivity contribution < 1.29 is 13.5 Å². The lowest BCUT2D eigenvalue weighted by atomic mass is 9.97. The van der Waals surface area contributed by atoms with Crippen LogP contribution in [0.15, 0.2) is 57.5 Å². The SMILES string of the molecule is O=c1[nH]c2ccc(O)c(-c3ccc(S(=O)(=O)CCCCl)cc3)c2c2ccsc12. The van der Waals surface area contributed by atoms with Crippen molar-refractivity contribution in [3.8, 4) is 16.9 Å². The highest BCUT2D eigenvalue weighted by Crippen LogP contribution is 2.39. The Balaban J connectivity index is 1.91. The second-order valence-corrected chi connectivity index (χ2v) is 9.79. The van der Waals surface area contributed by atoms with E-state index in [1.54, 1.807) is 18.2 Å². The van der Waals surface area contributed by atoms with E-state index < -0.39 is 9.84 Å². The predicted molar refractivity (Wildman–Crippen MR) is 114 cm³/mol. The molecule has 4 aromatic rings. The number of sulfone groups is 1. The minimum absolute atomic E-state index is 0.00781. The number of aromatic amines is 1. The highest BCUT2D eigenvalue weighted by molar-refractivity contribution is 7.91. The summed E-state index contributed by atoms with van der Waals surface area (Å²) >= 11 is 6.94. The van der Waals surface area contributed by atoms with E-state index in [4.69, 9.17) is 11.6 Å². The molecule has 8 heteroatoms. The Morgan fingerprint density at radius 2 is 1.82 bits per heavy atom. The average molecular weight is 434 g/mol. The molecule has 2 heterocycles. The number of halogens is 1. The molecule has 0 saturated carbocycles. The molecule has 2 aromatic carbocycles. The number of hydrogen-bond acceptors (Lipinski definition) is 5. The minimum atomic E-state index is -3.40. The Hall–Kier alpha value is -2.35. The number of thiophene rings is 1. The molecule has 0 unspecified atom stereocenters. The molecule has 0 radical (unpaired) electrons. The highest BCUT2D eigenvalue weighted by atomic mass is 35.5. The first-order chi connectivity index (χ1) is 13.4. The number of rotatable bonds is 5. The second kappa shape index (κ2) is 7.24. The second-order valence-electron chi connectivity index (χ2n) is 6.39. The maximum Gasteiger partial charge on any atom is 0.266 e. The molecule has 0 spiro atoms. The first kappa shape index (κ1) is 19.0. The standard InChI is InChI=1S/C20H16ClNO4S2/c21-9-1-11-28(25,26)13-4-2-12(3-5-13)17-16(23)7-6-15-18(17)14-8-10-27-19(14)20(24)22-15/h2-8,10,23H,1,9,11H2,(H,22,24). The minimum Gasteiger partial charge on any atom is -0.507 e. The van der Waals surface area contributed by atoms with Gasteiger partial charge in [-0.2, -0.15) is 0 Å². The van der Waals surface area contributed by atoms with Crippen LogP contribution >= 0.6 is 22.9 Å². The van der Waals surface area contributed by atoms with Crippen LogP contribution in [0.4, 0.5) is 0 Å². The number of aromatic nitrogens is 1. The molecule has 5 nitrogen and oxygen atoms in total. The van der Waals surface area contributed by atoms with Crippen molar-refractivity contribution in [3.63, 3.8) is 0 Å². The fraction of sp³-hybridized carbons (Fsp3) is 0.150. The molecule has 0 aliphatic rings. The Bertz CT molecular complexity index is 1340. The van der Waals surface area contributed by atoms with E-state index in [-0.39, 0.29) is 27.8 Å². The first-order valence-electron chi connectivity index (χ1n) is 8.57. The van der Waals surface area contributed by atoms with E-state index in [1.807, 2.05) is 11.4 Å². The van der Waals surface area contributed by atoms with Crippen LogP contribution in [0.3, 0.4) is 0 Å². The fourth-order valence-electron chi connectivity index (χ4n) is 3.32. The maximum absolute atomic E-state index is 12.3. The van der Waals surface area contributed by atoms with Gasteiger partial charge in [-0.15, -0.1) is 22.9 Å². The van der Waals surface area contributed by atoms with E-state index in [1.165, 1.54) is 29.5 Å². The number of benzene rings is 2. The molecule has 144 valence electrons. The van der Waals surface area contributed by atoms with Crippen molar-refractivity contribution in [1.82, 2.24) is 4.98 Å². The molecule has 2 N–H and O–H groups in total. The maximum atomic E-state index is 12.3. The summed E-state index contributed by atoms with van der Waals surface area (Å²) in [6, 6.07) is 11.5. The van der Waals surface area contributed by atoms with Crippen LogP contribution in [0.25, 0.3) is 32.1 Å². The summed E-state index contributed by atoms with van der Waals surface area (Å²) in [5, 5.41) is 13.9. The summed E-state index contributed by atoms with van der Waals surface area (Å²) in [5.74, 6) is 0.340. The number of fused-ring (bicyclic) bond motifs is 3. The van der Waals surface area contributed by atoms with E-state index in [0.717, 1.165) is 10.8 Å². The van der Waals surface area contributed by atoms with Gasteiger partial charge in [-0.3, -0.25) is 4.79 Å². The van der Waals surface area contributed by atoms with Gasteiger partial charge in [-0.05, 0) is 47.7 Å². The third-order valence-electron chi connectivity index (χ3n) is 4.62. The number of pyridine rings is 1. The van der Waals surface area contributed by atoms with Crippen molar-refractivity contribution in [2.75, 3.05) is 11.6 Å². The van der Waals surface area contributed by atoms with Gasteiger partial charge in [0.1, 0.15) is 10.4 Å². The summed E-state index contributed by atoms with van der Waals surface area (Å²) in [6.45, 7) is 0. The smallest absolute Gasteiger partial charge is 0.266 e. The zero-order valence-corrected chi connectivity index (χ0v) is 17.0. The Morgan fingerprint density at radius 3 is 2.54 bits per heavy atom. The number of phenolic OH excluding ortho intramolecular Hbond substituents is 1. The molecule has 0 bridgehead atoms. The molecular weight excluding hydrogens is 418 g/mol. The van der Waals surface area contributed by atoms with Crippen LogP contribution in [-0.4, -0.2) is 30.1 Å². The summed E-state index contributed by atoms with van der Waals surface area (Å²) in [4.78, 5) is 15.3. The molecule has 4 rings (SSSR count). The molecule has 0 atom stereocenters. The van der Waals surface area contributed by atoms with Gasteiger partial charge in [-0.25, -0.2) is 8.42 Å². The molecule has 2 aromatic heterocycles. The van der Waals surface area contributed by atoms with Crippen LogP contribution in [0.1, 0.15) is 6.42 Å². The van der Waals surface area contributed by atoms with Gasteiger partial charge in [0, 0.05) is 27.7 Å². The number of phenols is 1. The Morgan fingerprint density at radius 1 is 1.07 bits per heavy atom. The van der Waals surface area contributed by atoms with E-state index in [0.29, 0.717) is 27.8 Å². The topological polar surface area (TPSA) is 87.2 Å². The lowest BCUT2D eigenvalue weighted by Crippen LogP contribution is -2.07. The number of alkyl halides is 1. The third-order valence-corrected chi connectivity index (χ3v) is 7.62. The van der Waals surface area contributed by atoms with Crippen molar-refractivity contribution >= 4 is 53.8 Å². The molecule has 0 amide bonds. The normalized spacial score (nSPS) is 12.0. The van der Waals surface area contributed by atoms with Crippen molar-refractivity contribution in [3.05, 3.63) is 58.2 Å². The van der Waals surface area contributed by atoms with Gasteiger partial charge >= 0.3 is 0 Å². The first-order valence-corrected chi connectivity index (χ1v) is 11.6. The Labute approximate surface area is 170 Å². The van der Waals surface area contributed by atoms with Gasteiger partial charge in [-0.1, -0.05) is 12.1 Å². The molecular formula is C20H16ClNO4S2. The molecule has 0 aliphatic carbocycles. The average Bonchev–Trinajstić information content (AvgIpc) is 3.18. The lowest BCUT2D eigenvalue weighted by Gasteiger charge is -2.11. The summed E-state index contributed by atoms with van der Waals surface area (Å²) < 4.78 is 25.3. The number of aromatic hydroxyl groups is 1.